The summed E-state index contributed by atoms with van der Waals surface area (Å²) in [5.41, 5.74) is 2.24. The Morgan fingerprint density at radius 1 is 1.33 bits per heavy atom. The van der Waals surface area contributed by atoms with Gasteiger partial charge in [0.2, 0.25) is 5.91 Å². The molecule has 0 aromatic heterocycles. The minimum Gasteiger partial charge on any atom is -0.325 e. The van der Waals surface area contributed by atoms with Crippen LogP contribution in [0.4, 0.5) is 5.69 Å². The first kappa shape index (κ1) is 14.7. The average Bonchev–Trinajstić information content (AvgIpc) is 2.28. The van der Waals surface area contributed by atoms with Crippen molar-refractivity contribution in [2.45, 2.75) is 34.1 Å². The molecular formula is C15H24N2O. The first-order valence-corrected chi connectivity index (χ1v) is 6.50. The Bertz CT molecular complexity index is 399. The molecule has 0 bridgehead atoms. The summed E-state index contributed by atoms with van der Waals surface area (Å²) in [5, 5.41) is 6.08. The maximum Gasteiger partial charge on any atom is 0.238 e. The van der Waals surface area contributed by atoms with Crippen LogP contribution in [0.2, 0.25) is 0 Å². The highest BCUT2D eigenvalue weighted by Gasteiger charge is 2.14. The molecule has 0 heterocycles. The summed E-state index contributed by atoms with van der Waals surface area (Å²) >= 11 is 0. The molecule has 0 aliphatic rings. The molecule has 0 aliphatic heterocycles. The first-order valence-electron chi connectivity index (χ1n) is 6.50. The lowest BCUT2D eigenvalue weighted by molar-refractivity contribution is -0.115. The highest BCUT2D eigenvalue weighted by atomic mass is 16.1. The Hall–Kier alpha value is -1.35. The zero-order valence-corrected chi connectivity index (χ0v) is 11.8. The predicted octanol–water partition coefficient (Wildman–Crippen LogP) is 2.96. The van der Waals surface area contributed by atoms with Crippen molar-refractivity contribution in [3.05, 3.63) is 29.8 Å². The van der Waals surface area contributed by atoms with E-state index < -0.39 is 0 Å². The van der Waals surface area contributed by atoms with E-state index in [2.05, 4.69) is 31.4 Å². The predicted molar refractivity (Wildman–Crippen MR) is 76.8 cm³/mol. The number of carbonyl (C=O) groups is 1. The van der Waals surface area contributed by atoms with Gasteiger partial charge in [0.25, 0.3) is 0 Å². The van der Waals surface area contributed by atoms with E-state index in [1.165, 1.54) is 0 Å². The second kappa shape index (κ2) is 6.55. The number of nitrogens with one attached hydrogen (secondary N) is 2. The summed E-state index contributed by atoms with van der Waals surface area (Å²) in [6.45, 7) is 9.77. The van der Waals surface area contributed by atoms with E-state index in [9.17, 15) is 4.79 Å². The van der Waals surface area contributed by atoms with Crippen LogP contribution in [0.3, 0.4) is 0 Å². The molecule has 1 amide bonds. The van der Waals surface area contributed by atoms with E-state index in [1.807, 2.05) is 31.2 Å². The van der Waals surface area contributed by atoms with E-state index in [4.69, 9.17) is 0 Å². The maximum atomic E-state index is 11.7. The third-order valence-electron chi connectivity index (χ3n) is 3.15. The molecule has 0 radical (unpaired) electrons. The number of aryl methyl sites for hydroxylation is 1. The van der Waals surface area contributed by atoms with Gasteiger partial charge in [0, 0.05) is 12.2 Å². The average molecular weight is 248 g/mol. The van der Waals surface area contributed by atoms with Crippen LogP contribution in [0.5, 0.6) is 0 Å². The van der Waals surface area contributed by atoms with Crippen molar-refractivity contribution in [3.63, 3.8) is 0 Å². The van der Waals surface area contributed by atoms with Crippen LogP contribution in [0.25, 0.3) is 0 Å². The molecule has 0 atom stereocenters. The fraction of sp³-hybridized carbons (Fsp3) is 0.533. The second-order valence-electron chi connectivity index (χ2n) is 5.54. The number of carbonyl (C=O) groups excluding carboxylic acids is 1. The van der Waals surface area contributed by atoms with Gasteiger partial charge in [0.1, 0.15) is 0 Å². The van der Waals surface area contributed by atoms with Crippen LogP contribution in [0, 0.1) is 12.3 Å². The molecule has 3 nitrogen and oxygen atoms in total. The fourth-order valence-corrected chi connectivity index (χ4v) is 1.57. The van der Waals surface area contributed by atoms with E-state index in [1.54, 1.807) is 0 Å². The molecule has 1 aromatic rings. The Morgan fingerprint density at radius 3 is 2.67 bits per heavy atom. The van der Waals surface area contributed by atoms with E-state index >= 15 is 0 Å². The van der Waals surface area contributed by atoms with Crippen molar-refractivity contribution < 1.29 is 4.79 Å². The molecule has 1 aromatic carbocycles. The quantitative estimate of drug-likeness (QED) is 0.812. The number of hydrogen-bond acceptors (Lipinski definition) is 2. The van der Waals surface area contributed by atoms with Crippen LogP contribution in [-0.4, -0.2) is 19.0 Å². The van der Waals surface area contributed by atoms with Crippen molar-refractivity contribution in [2.75, 3.05) is 18.4 Å². The Balaban J connectivity index is 2.34. The lowest BCUT2D eigenvalue weighted by Gasteiger charge is -2.22. The monoisotopic (exact) mass is 248 g/mol. The van der Waals surface area contributed by atoms with E-state index in [0.29, 0.717) is 6.54 Å². The summed E-state index contributed by atoms with van der Waals surface area (Å²) in [6.07, 6.45) is 1.10. The van der Waals surface area contributed by atoms with Gasteiger partial charge in [-0.15, -0.1) is 0 Å². The first-order chi connectivity index (χ1) is 8.43. The molecule has 0 spiro atoms. The number of hydrogen-bond donors (Lipinski definition) is 2. The largest absolute Gasteiger partial charge is 0.325 e. The lowest BCUT2D eigenvalue weighted by atomic mass is 9.90. The summed E-state index contributed by atoms with van der Waals surface area (Å²) in [4.78, 5) is 11.7. The minimum absolute atomic E-state index is 0.00695. The number of rotatable bonds is 6. The topological polar surface area (TPSA) is 41.1 Å². The van der Waals surface area contributed by atoms with Gasteiger partial charge >= 0.3 is 0 Å². The lowest BCUT2D eigenvalue weighted by Crippen LogP contribution is -2.35. The summed E-state index contributed by atoms with van der Waals surface area (Å²) in [5.74, 6) is 0.00695. The third-order valence-corrected chi connectivity index (χ3v) is 3.15. The summed E-state index contributed by atoms with van der Waals surface area (Å²) in [6, 6.07) is 7.82. The minimum atomic E-state index is 0.00695. The molecule has 2 N–H and O–H groups in total. The molecule has 0 aliphatic carbocycles. The summed E-state index contributed by atoms with van der Waals surface area (Å²) in [7, 11) is 0. The molecular weight excluding hydrogens is 224 g/mol. The third kappa shape index (κ3) is 5.32. The molecule has 0 saturated carbocycles. The summed E-state index contributed by atoms with van der Waals surface area (Å²) < 4.78 is 0. The Labute approximate surface area is 110 Å². The van der Waals surface area contributed by atoms with Gasteiger partial charge in [-0.2, -0.15) is 0 Å². The maximum absolute atomic E-state index is 11.7. The van der Waals surface area contributed by atoms with Crippen LogP contribution in [0.15, 0.2) is 24.3 Å². The molecule has 18 heavy (non-hydrogen) atoms. The van der Waals surface area contributed by atoms with Crippen molar-refractivity contribution in [1.29, 1.82) is 0 Å². The van der Waals surface area contributed by atoms with Crippen LogP contribution < -0.4 is 10.6 Å². The zero-order chi connectivity index (χ0) is 13.6. The van der Waals surface area contributed by atoms with Gasteiger partial charge in [0.15, 0.2) is 0 Å². The van der Waals surface area contributed by atoms with Gasteiger partial charge in [0.05, 0.1) is 6.54 Å². The number of anilines is 1. The van der Waals surface area contributed by atoms with Crippen molar-refractivity contribution in [2.24, 2.45) is 5.41 Å². The number of benzene rings is 1. The molecule has 0 saturated heterocycles. The van der Waals surface area contributed by atoms with Crippen LogP contribution in [0.1, 0.15) is 32.8 Å². The van der Waals surface area contributed by atoms with Gasteiger partial charge in [-0.05, 0) is 36.5 Å². The van der Waals surface area contributed by atoms with Crippen molar-refractivity contribution in [1.82, 2.24) is 5.32 Å². The Morgan fingerprint density at radius 2 is 2.06 bits per heavy atom. The highest BCUT2D eigenvalue weighted by Crippen LogP contribution is 2.17. The van der Waals surface area contributed by atoms with E-state index in [-0.39, 0.29) is 11.3 Å². The standard InChI is InChI=1S/C15H24N2O/c1-5-15(3,4)11-16-10-14(18)17-13-8-6-7-12(2)9-13/h6-9,16H,5,10-11H2,1-4H3,(H,17,18). The second-order valence-corrected chi connectivity index (χ2v) is 5.54. The van der Waals surface area contributed by atoms with Crippen LogP contribution in [-0.2, 0) is 4.79 Å². The van der Waals surface area contributed by atoms with Gasteiger partial charge in [-0.3, -0.25) is 4.79 Å². The zero-order valence-electron chi connectivity index (χ0n) is 11.8. The molecule has 100 valence electrons. The SMILES string of the molecule is CCC(C)(C)CNCC(=O)Nc1cccc(C)c1. The Kier molecular flexibility index (Phi) is 5.35. The van der Waals surface area contributed by atoms with Gasteiger partial charge < -0.3 is 10.6 Å². The smallest absolute Gasteiger partial charge is 0.238 e. The normalized spacial score (nSPS) is 11.3. The van der Waals surface area contributed by atoms with Crippen LogP contribution >= 0.6 is 0 Å². The molecule has 0 fully saturated rings. The van der Waals surface area contributed by atoms with E-state index in [0.717, 1.165) is 24.2 Å². The fourth-order valence-electron chi connectivity index (χ4n) is 1.57. The van der Waals surface area contributed by atoms with Gasteiger partial charge in [-0.25, -0.2) is 0 Å². The van der Waals surface area contributed by atoms with Crippen molar-refractivity contribution >= 4 is 11.6 Å². The van der Waals surface area contributed by atoms with Crippen molar-refractivity contribution in [3.8, 4) is 0 Å². The van der Waals surface area contributed by atoms with Gasteiger partial charge in [-0.1, -0.05) is 32.9 Å². The number of amides is 1. The molecule has 1 rings (SSSR count). The molecule has 3 heteroatoms. The molecule has 0 unspecified atom stereocenters. The highest BCUT2D eigenvalue weighted by molar-refractivity contribution is 5.92.